The Balaban J connectivity index is 4.29. The summed E-state index contributed by atoms with van der Waals surface area (Å²) in [6, 6.07) is 0. The topological polar surface area (TPSA) is 108 Å². The smallest absolute Gasteiger partial charge is 0.361 e. The van der Waals surface area contributed by atoms with Crippen molar-refractivity contribution in [3.05, 3.63) is 122 Å². The Labute approximate surface area is 447 Å². The molecule has 0 aliphatic carbocycles. The van der Waals surface area contributed by atoms with Gasteiger partial charge in [0.15, 0.2) is 6.10 Å². The van der Waals surface area contributed by atoms with E-state index in [4.69, 9.17) is 18.9 Å². The van der Waals surface area contributed by atoms with Gasteiger partial charge in [-0.1, -0.05) is 212 Å². The first-order valence-electron chi connectivity index (χ1n) is 28.7. The minimum absolute atomic E-state index is 0.175. The van der Waals surface area contributed by atoms with Crippen molar-refractivity contribution < 1.29 is 42.9 Å². The Morgan fingerprint density at radius 3 is 1.11 bits per heavy atom. The van der Waals surface area contributed by atoms with E-state index >= 15 is 0 Å². The van der Waals surface area contributed by atoms with Crippen LogP contribution in [0, 0.1) is 0 Å². The van der Waals surface area contributed by atoms with Crippen LogP contribution in [0.5, 0.6) is 0 Å². The first-order chi connectivity index (χ1) is 35.6. The first kappa shape index (κ1) is 68.7. The van der Waals surface area contributed by atoms with E-state index in [1.807, 2.05) is 21.1 Å². The molecule has 0 rings (SSSR count). The van der Waals surface area contributed by atoms with Crippen LogP contribution in [0.25, 0.3) is 0 Å². The molecule has 2 unspecified atom stereocenters. The third-order valence-electron chi connectivity index (χ3n) is 11.7. The Bertz CT molecular complexity index is 1610. The van der Waals surface area contributed by atoms with Crippen molar-refractivity contribution in [2.75, 3.05) is 47.5 Å². The summed E-state index contributed by atoms with van der Waals surface area (Å²) in [7, 11) is 5.95. The minimum atomic E-state index is -1.53. The summed E-state index contributed by atoms with van der Waals surface area (Å²) < 4.78 is 22.8. The second-order valence-corrected chi connectivity index (χ2v) is 19.8. The van der Waals surface area contributed by atoms with E-state index in [0.717, 1.165) is 103 Å². The highest BCUT2D eigenvalue weighted by Crippen LogP contribution is 2.15. The summed E-state index contributed by atoms with van der Waals surface area (Å²) in [6.07, 6.45) is 72.8. The molecular formula is C64H106NO8+. The minimum Gasteiger partial charge on any atom is -0.477 e. The van der Waals surface area contributed by atoms with Gasteiger partial charge in [0.2, 0.25) is 0 Å². The number of ether oxygens (including phenoxy) is 4. The van der Waals surface area contributed by atoms with Gasteiger partial charge in [0.1, 0.15) is 13.2 Å². The average Bonchev–Trinajstić information content (AvgIpc) is 3.36. The number of carboxylic acids is 1. The molecule has 0 fully saturated rings. The molecule has 9 heteroatoms. The zero-order valence-corrected chi connectivity index (χ0v) is 47.0. The van der Waals surface area contributed by atoms with Crippen molar-refractivity contribution in [3.63, 3.8) is 0 Å². The lowest BCUT2D eigenvalue weighted by Crippen LogP contribution is -2.40. The van der Waals surface area contributed by atoms with E-state index < -0.39 is 24.3 Å². The van der Waals surface area contributed by atoms with Gasteiger partial charge in [0, 0.05) is 12.8 Å². The SMILES string of the molecule is CC/C=C\C/C=C\C/C=C\C/C=C\C/C=C\CCCCCCCCCCCCCCCC(=O)OC(COC(=O)CCCCC/C=C\C/C=C\C/C=C\C/C=C\C/C=C\CC)COC(OCC[N+](C)(C)C)C(=O)O. The van der Waals surface area contributed by atoms with Gasteiger partial charge in [-0.05, 0) is 103 Å². The lowest BCUT2D eigenvalue weighted by Gasteiger charge is -2.25. The Kier molecular flexibility index (Phi) is 50.8. The number of aliphatic carboxylic acids is 1. The zero-order valence-electron chi connectivity index (χ0n) is 47.0. The number of nitrogens with zero attached hydrogens (tertiary/aromatic N) is 1. The zero-order chi connectivity index (χ0) is 53.4. The molecule has 0 aromatic rings. The van der Waals surface area contributed by atoms with Gasteiger partial charge in [-0.25, -0.2) is 4.79 Å². The van der Waals surface area contributed by atoms with Crippen LogP contribution in [0.4, 0.5) is 0 Å². The summed E-state index contributed by atoms with van der Waals surface area (Å²) in [5.41, 5.74) is 0. The number of hydrogen-bond donors (Lipinski definition) is 1. The molecule has 0 radical (unpaired) electrons. The predicted molar refractivity (Wildman–Crippen MR) is 308 cm³/mol. The van der Waals surface area contributed by atoms with Crippen LogP contribution in [0.15, 0.2) is 122 Å². The third kappa shape index (κ3) is 55.3. The van der Waals surface area contributed by atoms with Gasteiger partial charge in [-0.15, -0.1) is 0 Å². The Morgan fingerprint density at radius 2 is 0.740 bits per heavy atom. The maximum absolute atomic E-state index is 12.9. The number of hydrogen-bond acceptors (Lipinski definition) is 7. The van der Waals surface area contributed by atoms with Gasteiger partial charge in [-0.3, -0.25) is 9.59 Å². The molecular weight excluding hydrogens is 911 g/mol. The van der Waals surface area contributed by atoms with Crippen molar-refractivity contribution in [1.82, 2.24) is 0 Å². The maximum atomic E-state index is 12.9. The molecule has 0 amide bonds. The molecule has 73 heavy (non-hydrogen) atoms. The number of likely N-dealkylation sites (N-methyl/N-ethyl adjacent to an activating group) is 1. The highest BCUT2D eigenvalue weighted by atomic mass is 16.7. The molecule has 0 aromatic carbocycles. The molecule has 0 heterocycles. The summed E-state index contributed by atoms with van der Waals surface area (Å²) in [5, 5.41) is 9.70. The molecule has 2 atom stereocenters. The van der Waals surface area contributed by atoms with Crippen molar-refractivity contribution in [1.29, 1.82) is 0 Å². The highest BCUT2D eigenvalue weighted by molar-refractivity contribution is 5.71. The van der Waals surface area contributed by atoms with Gasteiger partial charge in [0.25, 0.3) is 6.29 Å². The fourth-order valence-corrected chi connectivity index (χ4v) is 7.36. The number of carbonyl (C=O) groups is 3. The number of esters is 2. The number of unbranched alkanes of at least 4 members (excludes halogenated alkanes) is 16. The van der Waals surface area contributed by atoms with E-state index in [2.05, 4.69) is 135 Å². The average molecular weight is 1020 g/mol. The highest BCUT2D eigenvalue weighted by Gasteiger charge is 2.25. The van der Waals surface area contributed by atoms with Crippen LogP contribution in [0.2, 0.25) is 0 Å². The third-order valence-corrected chi connectivity index (χ3v) is 11.7. The van der Waals surface area contributed by atoms with Crippen molar-refractivity contribution in [2.45, 2.75) is 219 Å². The summed E-state index contributed by atoms with van der Waals surface area (Å²) in [6.45, 7) is 4.59. The van der Waals surface area contributed by atoms with E-state index in [1.165, 1.54) is 64.2 Å². The van der Waals surface area contributed by atoms with Crippen molar-refractivity contribution >= 4 is 17.9 Å². The molecule has 9 nitrogen and oxygen atoms in total. The second kappa shape index (κ2) is 54.0. The fraction of sp³-hybridized carbons (Fsp3) is 0.641. The first-order valence-corrected chi connectivity index (χ1v) is 28.7. The molecule has 0 aliphatic rings. The Morgan fingerprint density at radius 1 is 0.411 bits per heavy atom. The summed E-state index contributed by atoms with van der Waals surface area (Å²) >= 11 is 0. The largest absolute Gasteiger partial charge is 0.477 e. The molecule has 0 aliphatic heterocycles. The lowest BCUT2D eigenvalue weighted by atomic mass is 10.0. The van der Waals surface area contributed by atoms with E-state index in [0.29, 0.717) is 23.9 Å². The van der Waals surface area contributed by atoms with Crippen LogP contribution in [0.1, 0.15) is 206 Å². The molecule has 0 saturated carbocycles. The van der Waals surface area contributed by atoms with Crippen LogP contribution in [-0.4, -0.2) is 87.4 Å². The van der Waals surface area contributed by atoms with Gasteiger partial charge in [-0.2, -0.15) is 0 Å². The molecule has 0 spiro atoms. The van der Waals surface area contributed by atoms with Crippen molar-refractivity contribution in [3.8, 4) is 0 Å². The molecule has 0 bridgehead atoms. The van der Waals surface area contributed by atoms with E-state index in [9.17, 15) is 19.5 Å². The molecule has 414 valence electrons. The van der Waals surface area contributed by atoms with E-state index in [1.54, 1.807) is 0 Å². The maximum Gasteiger partial charge on any atom is 0.361 e. The second-order valence-electron chi connectivity index (χ2n) is 19.8. The Hall–Kier alpha value is -4.31. The standard InChI is InChI=1S/C64H105NO8/c1-6-8-10-12-14-16-18-20-22-24-26-27-28-29-30-31-32-33-34-35-37-39-41-43-45-47-49-51-53-55-62(67)73-60(59-72-64(63(68)69)70-57-56-65(3,4)5)58-71-61(66)54-52-50-48-46-44-42-40-38-36-25-23-21-19-17-15-13-11-9-7-2/h8-11,14-17,20-23,26-27,29-30,36,38,42,44,60,64H,6-7,12-13,18-19,24-25,28,31-35,37,39-41,43,45-59H2,1-5H3/p+1/b10-8-,11-9-,16-14-,17-15-,22-20-,23-21-,27-26-,30-29-,38-36-,44-42-. The lowest BCUT2D eigenvalue weighted by molar-refractivity contribution is -0.870. The fourth-order valence-electron chi connectivity index (χ4n) is 7.36. The van der Waals surface area contributed by atoms with Crippen molar-refractivity contribution in [2.24, 2.45) is 0 Å². The monoisotopic (exact) mass is 1020 g/mol. The van der Waals surface area contributed by atoms with Crippen LogP contribution in [0.3, 0.4) is 0 Å². The number of allylic oxidation sites excluding steroid dienone is 20. The predicted octanol–water partition coefficient (Wildman–Crippen LogP) is 16.9. The molecule has 1 N–H and O–H groups in total. The molecule has 0 aromatic heterocycles. The normalized spacial score (nSPS) is 13.7. The van der Waals surface area contributed by atoms with Gasteiger partial charge >= 0.3 is 17.9 Å². The quantitative estimate of drug-likeness (QED) is 0.0211. The summed E-state index contributed by atoms with van der Waals surface area (Å²) in [4.78, 5) is 37.4. The number of carbonyl (C=O) groups excluding carboxylic acids is 2. The van der Waals surface area contributed by atoms with Crippen LogP contribution >= 0.6 is 0 Å². The molecule has 0 saturated heterocycles. The van der Waals surface area contributed by atoms with Crippen LogP contribution in [-0.2, 0) is 33.3 Å². The number of quaternary nitrogens is 1. The van der Waals surface area contributed by atoms with E-state index in [-0.39, 0.29) is 38.6 Å². The van der Waals surface area contributed by atoms with Gasteiger partial charge in [0.05, 0.1) is 34.4 Å². The number of rotatable bonds is 51. The number of carboxylic acid groups (broad SMARTS) is 1. The van der Waals surface area contributed by atoms with Gasteiger partial charge < -0.3 is 28.5 Å². The summed E-state index contributed by atoms with van der Waals surface area (Å²) in [5.74, 6) is -2.06. The van der Waals surface area contributed by atoms with Crippen LogP contribution < -0.4 is 0 Å².